The minimum absolute atomic E-state index is 0.136. The summed E-state index contributed by atoms with van der Waals surface area (Å²) in [5, 5.41) is 7.97. The summed E-state index contributed by atoms with van der Waals surface area (Å²) in [5.74, 6) is 1.02. The van der Waals surface area contributed by atoms with Crippen molar-refractivity contribution < 1.29 is 17.7 Å². The fourth-order valence-corrected chi connectivity index (χ4v) is 5.12. The maximum Gasteiger partial charge on any atom is 0.416 e. The fraction of sp³-hybridized carbons (Fsp3) is 0.417. The summed E-state index contributed by atoms with van der Waals surface area (Å²) in [6.07, 6.45) is -4.42. The van der Waals surface area contributed by atoms with Crippen molar-refractivity contribution >= 4 is 34.9 Å². The molecule has 0 amide bonds. The van der Waals surface area contributed by atoms with Crippen molar-refractivity contribution in [1.29, 1.82) is 0 Å². The maximum absolute atomic E-state index is 13.4. The Hall–Kier alpha value is -2.60. The Balaban J connectivity index is 2.13. The lowest BCUT2D eigenvalue weighted by atomic mass is 9.97. The van der Waals surface area contributed by atoms with Crippen LogP contribution in [0.15, 0.2) is 30.3 Å². The molecule has 1 atom stereocenters. The molecule has 3 rings (SSSR count). The standard InChI is InChI=1S/C24H30F3N4OP/c1-13(2)28-21-12-20-18(11-22(21)33(6,7)32)23(31-16(5)30-20)29-15(4)17-9-8-10-19(14(17)3)24(25,26)27/h8-13,15,28H,1-7H3,(H,29,30,31). The number of aromatic nitrogens is 2. The molecule has 0 radical (unpaired) electrons. The SMILES string of the molecule is Cc1nc(NC(C)c2cccc(C(F)(F)F)c2C)c2cc(P(C)(C)=O)c(NC(C)C)cc2n1. The average molecular weight is 478 g/mol. The first-order valence-electron chi connectivity index (χ1n) is 10.8. The molecule has 0 fully saturated rings. The number of benzene rings is 2. The highest BCUT2D eigenvalue weighted by atomic mass is 31.2. The number of rotatable bonds is 6. The lowest BCUT2D eigenvalue weighted by molar-refractivity contribution is -0.138. The first-order valence-corrected chi connectivity index (χ1v) is 13.4. The number of halogens is 3. The van der Waals surface area contributed by atoms with Gasteiger partial charge >= 0.3 is 6.18 Å². The Labute approximate surface area is 192 Å². The van der Waals surface area contributed by atoms with Crippen LogP contribution in [0.2, 0.25) is 0 Å². The molecule has 0 saturated heterocycles. The highest BCUT2D eigenvalue weighted by Gasteiger charge is 2.33. The minimum Gasteiger partial charge on any atom is -0.382 e. The van der Waals surface area contributed by atoms with E-state index in [1.807, 2.05) is 26.0 Å². The van der Waals surface area contributed by atoms with Crippen molar-refractivity contribution in [2.24, 2.45) is 0 Å². The molecule has 0 saturated carbocycles. The number of anilines is 2. The molecule has 2 N–H and O–H groups in total. The van der Waals surface area contributed by atoms with Gasteiger partial charge in [-0.2, -0.15) is 13.2 Å². The van der Waals surface area contributed by atoms with Crippen molar-refractivity contribution in [3.8, 4) is 0 Å². The molecule has 178 valence electrons. The molecule has 1 aromatic heterocycles. The molecule has 0 aliphatic carbocycles. The topological polar surface area (TPSA) is 66.9 Å². The summed E-state index contributed by atoms with van der Waals surface area (Å²) < 4.78 is 53.2. The molecule has 0 aliphatic rings. The van der Waals surface area contributed by atoms with E-state index < -0.39 is 24.9 Å². The van der Waals surface area contributed by atoms with Crippen LogP contribution in [0.4, 0.5) is 24.7 Å². The van der Waals surface area contributed by atoms with Crippen molar-refractivity contribution in [3.05, 3.63) is 52.8 Å². The number of fused-ring (bicyclic) bond motifs is 1. The van der Waals surface area contributed by atoms with Crippen LogP contribution in [0.3, 0.4) is 0 Å². The molecule has 33 heavy (non-hydrogen) atoms. The third kappa shape index (κ3) is 5.49. The van der Waals surface area contributed by atoms with Crippen LogP contribution in [0.5, 0.6) is 0 Å². The largest absolute Gasteiger partial charge is 0.416 e. The van der Waals surface area contributed by atoms with Gasteiger partial charge in [-0.15, -0.1) is 0 Å². The van der Waals surface area contributed by atoms with Crippen LogP contribution in [0.25, 0.3) is 10.9 Å². The Morgan fingerprint density at radius 1 is 1.00 bits per heavy atom. The smallest absolute Gasteiger partial charge is 0.382 e. The second kappa shape index (κ2) is 8.98. The lowest BCUT2D eigenvalue weighted by Gasteiger charge is -2.22. The van der Waals surface area contributed by atoms with Gasteiger partial charge in [0.2, 0.25) is 0 Å². The van der Waals surface area contributed by atoms with E-state index in [9.17, 15) is 17.7 Å². The van der Waals surface area contributed by atoms with E-state index >= 15 is 0 Å². The number of hydrogen-bond donors (Lipinski definition) is 2. The molecular formula is C24H30F3N4OP. The quantitative estimate of drug-likeness (QED) is 0.396. The van der Waals surface area contributed by atoms with Crippen molar-refractivity contribution in [2.45, 2.75) is 52.9 Å². The van der Waals surface area contributed by atoms with E-state index in [1.54, 1.807) is 33.2 Å². The second-order valence-electron chi connectivity index (χ2n) is 9.04. The van der Waals surface area contributed by atoms with Crippen LogP contribution in [-0.2, 0) is 10.7 Å². The molecule has 0 aliphatic heterocycles. The van der Waals surface area contributed by atoms with Crippen molar-refractivity contribution in [3.63, 3.8) is 0 Å². The van der Waals surface area contributed by atoms with Gasteiger partial charge in [-0.05, 0) is 77.3 Å². The van der Waals surface area contributed by atoms with Gasteiger partial charge in [-0.25, -0.2) is 9.97 Å². The van der Waals surface area contributed by atoms with Crippen LogP contribution in [-0.4, -0.2) is 29.3 Å². The maximum atomic E-state index is 13.4. The molecule has 1 heterocycles. The van der Waals surface area contributed by atoms with E-state index in [0.717, 1.165) is 11.8 Å². The summed E-state index contributed by atoms with van der Waals surface area (Å²) in [4.78, 5) is 9.07. The Morgan fingerprint density at radius 3 is 2.24 bits per heavy atom. The molecule has 2 aromatic carbocycles. The first kappa shape index (κ1) is 25.0. The van der Waals surface area contributed by atoms with Gasteiger partial charge < -0.3 is 15.2 Å². The predicted molar refractivity (Wildman–Crippen MR) is 130 cm³/mol. The van der Waals surface area contributed by atoms with Crippen LogP contribution >= 0.6 is 7.14 Å². The van der Waals surface area contributed by atoms with E-state index in [0.29, 0.717) is 33.4 Å². The zero-order chi connectivity index (χ0) is 24.7. The van der Waals surface area contributed by atoms with Crippen LogP contribution < -0.4 is 15.9 Å². The number of nitrogens with zero attached hydrogens (tertiary/aromatic N) is 2. The summed E-state index contributed by atoms with van der Waals surface area (Å²) in [6, 6.07) is 7.57. The van der Waals surface area contributed by atoms with Crippen LogP contribution in [0, 0.1) is 13.8 Å². The molecule has 9 heteroatoms. The number of hydrogen-bond acceptors (Lipinski definition) is 5. The van der Waals surface area contributed by atoms with E-state index in [-0.39, 0.29) is 11.6 Å². The van der Waals surface area contributed by atoms with Gasteiger partial charge in [-0.1, -0.05) is 12.1 Å². The van der Waals surface area contributed by atoms with Gasteiger partial charge in [0.1, 0.15) is 18.8 Å². The highest BCUT2D eigenvalue weighted by Crippen LogP contribution is 2.41. The molecule has 3 aromatic rings. The van der Waals surface area contributed by atoms with Crippen molar-refractivity contribution in [2.75, 3.05) is 24.0 Å². The minimum atomic E-state index is -4.42. The molecule has 0 spiro atoms. The second-order valence-corrected chi connectivity index (χ2v) is 12.2. The van der Waals surface area contributed by atoms with E-state index in [1.165, 1.54) is 13.0 Å². The Kier molecular flexibility index (Phi) is 6.81. The third-order valence-corrected chi connectivity index (χ3v) is 6.98. The zero-order valence-corrected chi connectivity index (χ0v) is 20.8. The summed E-state index contributed by atoms with van der Waals surface area (Å²) in [5.41, 5.74) is 1.48. The predicted octanol–water partition coefficient (Wildman–Crippen LogP) is 6.51. The van der Waals surface area contributed by atoms with Gasteiger partial charge in [0.25, 0.3) is 0 Å². The first-order chi connectivity index (χ1) is 15.2. The highest BCUT2D eigenvalue weighted by molar-refractivity contribution is 7.70. The van der Waals surface area contributed by atoms with Gasteiger partial charge in [-0.3, -0.25) is 0 Å². The van der Waals surface area contributed by atoms with E-state index in [4.69, 9.17) is 0 Å². The normalized spacial score (nSPS) is 13.4. The van der Waals surface area contributed by atoms with Gasteiger partial charge in [0.05, 0.1) is 17.1 Å². The third-order valence-electron chi connectivity index (χ3n) is 5.45. The molecular weight excluding hydrogens is 448 g/mol. The fourth-order valence-electron chi connectivity index (χ4n) is 3.98. The monoisotopic (exact) mass is 478 g/mol. The molecule has 1 unspecified atom stereocenters. The Bertz CT molecular complexity index is 1230. The summed E-state index contributed by atoms with van der Waals surface area (Å²) >= 11 is 0. The van der Waals surface area contributed by atoms with Crippen molar-refractivity contribution in [1.82, 2.24) is 9.97 Å². The van der Waals surface area contributed by atoms with Gasteiger partial charge in [0.15, 0.2) is 0 Å². The summed E-state index contributed by atoms with van der Waals surface area (Å²) in [6.45, 7) is 12.5. The number of aryl methyl sites for hydroxylation is 1. The molecule has 0 bridgehead atoms. The molecule has 5 nitrogen and oxygen atoms in total. The Morgan fingerprint density at radius 2 is 1.67 bits per heavy atom. The summed E-state index contributed by atoms with van der Waals surface area (Å²) in [7, 11) is -2.64. The van der Waals surface area contributed by atoms with E-state index in [2.05, 4.69) is 20.6 Å². The zero-order valence-electron chi connectivity index (χ0n) is 19.9. The van der Waals surface area contributed by atoms with Gasteiger partial charge in [0, 0.05) is 22.4 Å². The van der Waals surface area contributed by atoms with Crippen LogP contribution in [0.1, 0.15) is 49.3 Å². The number of alkyl halides is 3. The number of nitrogens with one attached hydrogen (secondary N) is 2. The lowest BCUT2D eigenvalue weighted by Crippen LogP contribution is -2.19. The average Bonchev–Trinajstić information content (AvgIpc) is 2.65.